The quantitative estimate of drug-likeness (QED) is 0.262. The molecule has 34 heavy (non-hydrogen) atoms. The van der Waals surface area contributed by atoms with Gasteiger partial charge in [-0.05, 0) is 61.0 Å². The minimum atomic E-state index is -0.468. The van der Waals surface area contributed by atoms with Crippen LogP contribution in [0, 0.1) is 5.82 Å². The topological polar surface area (TPSA) is 53.4 Å². The van der Waals surface area contributed by atoms with Gasteiger partial charge in [-0.15, -0.1) is 0 Å². The van der Waals surface area contributed by atoms with E-state index in [4.69, 9.17) is 14.6 Å². The molecular formula is C27H20BrFN2O3. The number of carbonyl (C=O) groups excluding carboxylic acids is 1. The number of benzene rings is 3. The number of hydrogen-bond acceptors (Lipinski definition) is 4. The summed E-state index contributed by atoms with van der Waals surface area (Å²) in [5, 5.41) is 4.70. The first-order chi connectivity index (χ1) is 16.5. The molecule has 2 heterocycles. The van der Waals surface area contributed by atoms with Crippen LogP contribution >= 0.6 is 15.9 Å². The summed E-state index contributed by atoms with van der Waals surface area (Å²) in [5.74, 6) is 0.196. The van der Waals surface area contributed by atoms with E-state index in [9.17, 15) is 9.18 Å². The van der Waals surface area contributed by atoms with Crippen molar-refractivity contribution in [3.8, 4) is 28.4 Å². The average molecular weight is 519 g/mol. The van der Waals surface area contributed by atoms with E-state index in [0.29, 0.717) is 34.7 Å². The molecule has 0 saturated heterocycles. The minimum absolute atomic E-state index is 0.185. The number of Topliss-reactive ketones (excluding diaryl/α,β-unsaturated/α-hetero) is 1. The molecule has 7 heteroatoms. The molecule has 0 bridgehead atoms. The maximum atomic E-state index is 14.7. The third-order valence-electron chi connectivity index (χ3n) is 5.35. The molecule has 170 valence electrons. The van der Waals surface area contributed by atoms with E-state index in [1.165, 1.54) is 6.07 Å². The fraction of sp³-hybridized carbons (Fsp3) is 0.111. The van der Waals surface area contributed by atoms with E-state index in [0.717, 1.165) is 16.6 Å². The lowest BCUT2D eigenvalue weighted by Crippen LogP contribution is -1.99. The van der Waals surface area contributed by atoms with Crippen molar-refractivity contribution in [2.75, 3.05) is 6.61 Å². The first kappa shape index (κ1) is 22.1. The Balaban J connectivity index is 1.58. The lowest BCUT2D eigenvalue weighted by Gasteiger charge is -2.07. The minimum Gasteiger partial charge on any atom is -0.491 e. The Hall–Kier alpha value is -3.71. The number of carbonyl (C=O) groups is 1. The van der Waals surface area contributed by atoms with Crippen LogP contribution in [0.1, 0.15) is 29.3 Å². The van der Waals surface area contributed by atoms with E-state index < -0.39 is 5.82 Å². The summed E-state index contributed by atoms with van der Waals surface area (Å²) in [6.07, 6.45) is 4.23. The average Bonchev–Trinajstić information content (AvgIpc) is 3.40. The van der Waals surface area contributed by atoms with E-state index in [2.05, 4.69) is 15.9 Å². The SMILES string of the molecule is CCCOc1ccc(-c2nn(-c3ccccc3)cc2/C=C2\Oc3ccc(Br)cc3C2=O)cc1F. The molecule has 5 rings (SSSR count). The molecule has 4 aromatic rings. The Morgan fingerprint density at radius 3 is 2.71 bits per heavy atom. The number of allylic oxidation sites excluding steroid dienone is 1. The van der Waals surface area contributed by atoms with Crippen LogP contribution in [-0.2, 0) is 0 Å². The fourth-order valence-electron chi connectivity index (χ4n) is 3.71. The van der Waals surface area contributed by atoms with Crippen LogP contribution in [0.2, 0.25) is 0 Å². The maximum absolute atomic E-state index is 14.7. The molecule has 0 radical (unpaired) electrons. The van der Waals surface area contributed by atoms with Crippen LogP contribution in [-0.4, -0.2) is 22.2 Å². The molecule has 3 aromatic carbocycles. The van der Waals surface area contributed by atoms with Crippen LogP contribution in [0.4, 0.5) is 4.39 Å². The number of rotatable bonds is 6. The number of ether oxygens (including phenoxy) is 2. The van der Waals surface area contributed by atoms with Crippen LogP contribution in [0.3, 0.4) is 0 Å². The number of ketones is 1. The summed E-state index contributed by atoms with van der Waals surface area (Å²) in [7, 11) is 0. The summed E-state index contributed by atoms with van der Waals surface area (Å²) in [6, 6.07) is 19.6. The van der Waals surface area contributed by atoms with Gasteiger partial charge < -0.3 is 9.47 Å². The zero-order chi connectivity index (χ0) is 23.7. The Morgan fingerprint density at radius 1 is 1.12 bits per heavy atom. The zero-order valence-corrected chi connectivity index (χ0v) is 19.9. The predicted octanol–water partition coefficient (Wildman–Crippen LogP) is 6.85. The van der Waals surface area contributed by atoms with Crippen molar-refractivity contribution in [3.05, 3.63) is 100 Å². The lowest BCUT2D eigenvalue weighted by molar-refractivity contribution is 0.101. The van der Waals surface area contributed by atoms with Crippen LogP contribution in [0.25, 0.3) is 23.0 Å². The molecule has 5 nitrogen and oxygen atoms in total. The van der Waals surface area contributed by atoms with Gasteiger partial charge >= 0.3 is 0 Å². The van der Waals surface area contributed by atoms with Crippen molar-refractivity contribution in [3.63, 3.8) is 0 Å². The lowest BCUT2D eigenvalue weighted by atomic mass is 10.1. The highest BCUT2D eigenvalue weighted by atomic mass is 79.9. The molecule has 0 spiro atoms. The number of aromatic nitrogens is 2. The number of hydrogen-bond donors (Lipinski definition) is 0. The van der Waals surface area contributed by atoms with Crippen molar-refractivity contribution in [1.82, 2.24) is 9.78 Å². The molecule has 1 aliphatic rings. The molecule has 0 unspecified atom stereocenters. The first-order valence-corrected chi connectivity index (χ1v) is 11.6. The zero-order valence-electron chi connectivity index (χ0n) is 18.3. The van der Waals surface area contributed by atoms with Gasteiger partial charge in [-0.2, -0.15) is 5.10 Å². The molecule has 1 aliphatic heterocycles. The van der Waals surface area contributed by atoms with E-state index >= 15 is 0 Å². The Kier molecular flexibility index (Phi) is 6.02. The highest BCUT2D eigenvalue weighted by Gasteiger charge is 2.28. The Morgan fingerprint density at radius 2 is 1.94 bits per heavy atom. The van der Waals surface area contributed by atoms with Crippen molar-refractivity contribution in [1.29, 1.82) is 0 Å². The smallest absolute Gasteiger partial charge is 0.232 e. The summed E-state index contributed by atoms with van der Waals surface area (Å²) in [6.45, 7) is 2.40. The second-order valence-electron chi connectivity index (χ2n) is 7.79. The van der Waals surface area contributed by atoms with Gasteiger partial charge in [0.1, 0.15) is 11.4 Å². The highest BCUT2D eigenvalue weighted by molar-refractivity contribution is 9.10. The van der Waals surface area contributed by atoms with E-state index in [-0.39, 0.29) is 17.3 Å². The monoisotopic (exact) mass is 518 g/mol. The summed E-state index contributed by atoms with van der Waals surface area (Å²) in [5.41, 5.74) is 3.03. The van der Waals surface area contributed by atoms with Crippen molar-refractivity contribution >= 4 is 27.8 Å². The number of para-hydroxylation sites is 1. The molecular weight excluding hydrogens is 499 g/mol. The van der Waals surface area contributed by atoms with Crippen molar-refractivity contribution in [2.45, 2.75) is 13.3 Å². The molecule has 1 aromatic heterocycles. The largest absolute Gasteiger partial charge is 0.491 e. The predicted molar refractivity (Wildman–Crippen MR) is 132 cm³/mol. The molecule has 0 N–H and O–H groups in total. The van der Waals surface area contributed by atoms with Gasteiger partial charge in [-0.3, -0.25) is 4.79 Å². The van der Waals surface area contributed by atoms with Gasteiger partial charge in [0.2, 0.25) is 5.78 Å². The van der Waals surface area contributed by atoms with Gasteiger partial charge in [-0.1, -0.05) is 41.1 Å². The second-order valence-corrected chi connectivity index (χ2v) is 8.70. The standard InChI is InChI=1S/C27H20BrFN2O3/c1-2-12-33-24-10-8-17(13-22(24)29)26-18(16-31(30-26)20-6-4-3-5-7-20)14-25-27(32)21-15-19(28)9-11-23(21)34-25/h3-11,13-16H,2,12H2,1H3/b25-14-. The Bertz CT molecular complexity index is 1410. The van der Waals surface area contributed by atoms with Gasteiger partial charge in [0.15, 0.2) is 17.3 Å². The van der Waals surface area contributed by atoms with Gasteiger partial charge in [0.25, 0.3) is 0 Å². The summed E-state index contributed by atoms with van der Waals surface area (Å²) in [4.78, 5) is 13.0. The molecule has 0 fully saturated rings. The molecule has 0 saturated carbocycles. The third kappa shape index (κ3) is 4.26. The van der Waals surface area contributed by atoms with Crippen LogP contribution in [0.15, 0.2) is 83.2 Å². The van der Waals surface area contributed by atoms with Crippen molar-refractivity contribution in [2.24, 2.45) is 0 Å². The van der Waals surface area contributed by atoms with Gasteiger partial charge in [0, 0.05) is 21.8 Å². The Labute approximate surface area is 204 Å². The normalized spacial score (nSPS) is 13.7. The first-order valence-electron chi connectivity index (χ1n) is 10.8. The van der Waals surface area contributed by atoms with E-state index in [1.807, 2.05) is 43.3 Å². The number of halogens is 2. The second kappa shape index (κ2) is 9.27. The number of nitrogens with zero attached hydrogens (tertiary/aromatic N) is 2. The van der Waals surface area contributed by atoms with Crippen LogP contribution in [0.5, 0.6) is 11.5 Å². The molecule has 0 amide bonds. The number of fused-ring (bicyclic) bond motifs is 1. The van der Waals surface area contributed by atoms with Crippen molar-refractivity contribution < 1.29 is 18.7 Å². The maximum Gasteiger partial charge on any atom is 0.232 e. The fourth-order valence-corrected chi connectivity index (χ4v) is 4.07. The third-order valence-corrected chi connectivity index (χ3v) is 5.84. The molecule has 0 aliphatic carbocycles. The van der Waals surface area contributed by atoms with E-state index in [1.54, 1.807) is 41.2 Å². The van der Waals surface area contributed by atoms with Crippen LogP contribution < -0.4 is 9.47 Å². The van der Waals surface area contributed by atoms with Gasteiger partial charge in [0.05, 0.1) is 17.9 Å². The van der Waals surface area contributed by atoms with Gasteiger partial charge in [-0.25, -0.2) is 9.07 Å². The summed E-state index contributed by atoms with van der Waals surface area (Å²) >= 11 is 3.39. The summed E-state index contributed by atoms with van der Waals surface area (Å²) < 4.78 is 28.5. The highest BCUT2D eigenvalue weighted by Crippen LogP contribution is 2.35. The molecule has 0 atom stereocenters.